The molecule has 31 heavy (non-hydrogen) atoms. The Balaban J connectivity index is 1.66. The molecule has 3 rings (SSSR count). The van der Waals surface area contributed by atoms with Gasteiger partial charge >= 0.3 is 0 Å². The second-order valence-corrected chi connectivity index (χ2v) is 9.46. The van der Waals surface area contributed by atoms with Crippen molar-refractivity contribution < 1.29 is 18.0 Å². The predicted molar refractivity (Wildman–Crippen MR) is 116 cm³/mol. The van der Waals surface area contributed by atoms with Gasteiger partial charge in [0.15, 0.2) is 0 Å². The van der Waals surface area contributed by atoms with Crippen LogP contribution < -0.4 is 10.6 Å². The Bertz CT molecular complexity index is 968. The van der Waals surface area contributed by atoms with Crippen LogP contribution in [0, 0.1) is 5.92 Å². The first-order valence-corrected chi connectivity index (χ1v) is 11.9. The van der Waals surface area contributed by atoms with Gasteiger partial charge < -0.3 is 10.6 Å². The Morgan fingerprint density at radius 2 is 1.94 bits per heavy atom. The highest BCUT2D eigenvalue weighted by molar-refractivity contribution is 7.89. The van der Waals surface area contributed by atoms with Crippen molar-refractivity contribution in [3.63, 3.8) is 0 Å². The second-order valence-electron chi connectivity index (χ2n) is 7.52. The highest BCUT2D eigenvalue weighted by atomic mass is 32.2. The number of benzene rings is 1. The monoisotopic (exact) mass is 444 g/mol. The van der Waals surface area contributed by atoms with Gasteiger partial charge in [-0.1, -0.05) is 24.3 Å². The Hall–Kier alpha value is -2.78. The lowest BCUT2D eigenvalue weighted by molar-refractivity contribution is -0.126. The van der Waals surface area contributed by atoms with E-state index < -0.39 is 10.0 Å². The molecule has 0 bridgehead atoms. The van der Waals surface area contributed by atoms with Crippen LogP contribution in [0.15, 0.2) is 59.8 Å². The molecule has 1 aromatic carbocycles. The maximum Gasteiger partial charge on any atom is 0.243 e. The van der Waals surface area contributed by atoms with Gasteiger partial charge in [-0.15, -0.1) is 0 Å². The number of carbonyl (C=O) groups is 2. The standard InChI is InChI=1S/C22H28N4O4S/c27-21-11-15-26(31(29,30)20-8-2-1-3-9-20)14-5-7-19(10-13-24-21)22(28)25-17-18-6-4-12-23-16-18/h1-4,6,8-9,12,16,19H,5,7,10-11,13-15,17H2,(H,24,27)(H,25,28). The minimum absolute atomic E-state index is 0.0872. The third kappa shape index (κ3) is 6.60. The average Bonchev–Trinajstić information content (AvgIpc) is 2.83. The Kier molecular flexibility index (Phi) is 8.13. The van der Waals surface area contributed by atoms with Crippen molar-refractivity contribution in [2.24, 2.45) is 5.92 Å². The van der Waals surface area contributed by atoms with Crippen molar-refractivity contribution in [3.8, 4) is 0 Å². The highest BCUT2D eigenvalue weighted by Crippen LogP contribution is 2.19. The normalized spacial score (nSPS) is 19.1. The van der Waals surface area contributed by atoms with E-state index in [1.165, 1.54) is 4.31 Å². The molecule has 9 heteroatoms. The molecule has 0 spiro atoms. The molecule has 2 amide bonds. The summed E-state index contributed by atoms with van der Waals surface area (Å²) in [5.41, 5.74) is 0.904. The number of rotatable bonds is 5. The van der Waals surface area contributed by atoms with Crippen LogP contribution in [-0.4, -0.2) is 49.2 Å². The fraction of sp³-hybridized carbons (Fsp3) is 0.409. The second kappa shape index (κ2) is 11.0. The largest absolute Gasteiger partial charge is 0.356 e. The predicted octanol–water partition coefficient (Wildman–Crippen LogP) is 1.70. The van der Waals surface area contributed by atoms with Gasteiger partial charge in [0.25, 0.3) is 0 Å². The van der Waals surface area contributed by atoms with Crippen LogP contribution in [0.3, 0.4) is 0 Å². The minimum atomic E-state index is -3.70. The summed E-state index contributed by atoms with van der Waals surface area (Å²) in [6, 6.07) is 11.9. The van der Waals surface area contributed by atoms with E-state index in [-0.39, 0.29) is 42.1 Å². The zero-order chi connectivity index (χ0) is 22.1. The third-order valence-corrected chi connectivity index (χ3v) is 7.22. The van der Waals surface area contributed by atoms with E-state index in [0.717, 1.165) is 5.56 Å². The number of hydrogen-bond donors (Lipinski definition) is 2. The Morgan fingerprint density at radius 1 is 1.13 bits per heavy atom. The lowest BCUT2D eigenvalue weighted by Crippen LogP contribution is -2.35. The SMILES string of the molecule is O=C1CCN(S(=O)(=O)c2ccccc2)CCCC(C(=O)NCc2cccnc2)CCN1. The molecule has 1 unspecified atom stereocenters. The fourth-order valence-corrected chi connectivity index (χ4v) is 5.05. The van der Waals surface area contributed by atoms with Crippen molar-refractivity contribution in [2.75, 3.05) is 19.6 Å². The molecule has 0 saturated carbocycles. The van der Waals surface area contributed by atoms with Crippen molar-refractivity contribution in [3.05, 3.63) is 60.4 Å². The number of pyridine rings is 1. The Morgan fingerprint density at radius 3 is 2.68 bits per heavy atom. The summed E-state index contributed by atoms with van der Waals surface area (Å²) in [6.45, 7) is 1.14. The van der Waals surface area contributed by atoms with E-state index in [4.69, 9.17) is 0 Å². The molecule has 2 N–H and O–H groups in total. The average molecular weight is 445 g/mol. The van der Waals surface area contributed by atoms with Gasteiger partial charge in [0, 0.05) is 50.9 Å². The maximum absolute atomic E-state index is 13.0. The minimum Gasteiger partial charge on any atom is -0.356 e. The van der Waals surface area contributed by atoms with E-state index in [2.05, 4.69) is 15.6 Å². The summed E-state index contributed by atoms with van der Waals surface area (Å²) in [5.74, 6) is -0.629. The van der Waals surface area contributed by atoms with E-state index in [9.17, 15) is 18.0 Å². The van der Waals surface area contributed by atoms with Crippen LogP contribution in [-0.2, 0) is 26.2 Å². The number of sulfonamides is 1. The van der Waals surface area contributed by atoms with E-state index >= 15 is 0 Å². The number of nitrogens with one attached hydrogen (secondary N) is 2. The Labute approximate surface area is 183 Å². The van der Waals surface area contributed by atoms with Crippen molar-refractivity contribution in [1.29, 1.82) is 0 Å². The summed E-state index contributed by atoms with van der Waals surface area (Å²) in [5, 5.41) is 5.72. The van der Waals surface area contributed by atoms with Gasteiger partial charge in [-0.3, -0.25) is 14.6 Å². The van der Waals surface area contributed by atoms with Crippen LogP contribution in [0.5, 0.6) is 0 Å². The van der Waals surface area contributed by atoms with Crippen LogP contribution in [0.25, 0.3) is 0 Å². The molecular formula is C22H28N4O4S. The van der Waals surface area contributed by atoms with Gasteiger partial charge in [0.2, 0.25) is 21.8 Å². The summed E-state index contributed by atoms with van der Waals surface area (Å²) in [7, 11) is -3.70. The summed E-state index contributed by atoms with van der Waals surface area (Å²) >= 11 is 0. The van der Waals surface area contributed by atoms with Gasteiger partial charge in [-0.2, -0.15) is 4.31 Å². The molecular weight excluding hydrogens is 416 g/mol. The number of aromatic nitrogens is 1. The van der Waals surface area contributed by atoms with Gasteiger partial charge in [-0.05, 0) is 43.0 Å². The van der Waals surface area contributed by atoms with Crippen LogP contribution in [0.1, 0.15) is 31.2 Å². The quantitative estimate of drug-likeness (QED) is 0.730. The number of nitrogens with zero attached hydrogens (tertiary/aromatic N) is 2. The molecule has 1 fully saturated rings. The molecule has 8 nitrogen and oxygen atoms in total. The van der Waals surface area contributed by atoms with Crippen LogP contribution in [0.4, 0.5) is 0 Å². The van der Waals surface area contributed by atoms with Crippen molar-refractivity contribution in [1.82, 2.24) is 19.9 Å². The number of hydrogen-bond acceptors (Lipinski definition) is 5. The zero-order valence-electron chi connectivity index (χ0n) is 17.4. The molecule has 0 radical (unpaired) electrons. The van der Waals surface area contributed by atoms with Gasteiger partial charge in [0.1, 0.15) is 0 Å². The number of amides is 2. The van der Waals surface area contributed by atoms with Crippen LogP contribution in [0.2, 0.25) is 0 Å². The fourth-order valence-electron chi connectivity index (χ4n) is 3.55. The first kappa shape index (κ1) is 22.9. The molecule has 1 aliphatic rings. The van der Waals surface area contributed by atoms with Gasteiger partial charge in [0.05, 0.1) is 4.90 Å². The molecule has 1 aromatic heterocycles. The first-order chi connectivity index (χ1) is 15.0. The molecule has 1 atom stereocenters. The molecule has 166 valence electrons. The van der Waals surface area contributed by atoms with Crippen LogP contribution >= 0.6 is 0 Å². The topological polar surface area (TPSA) is 108 Å². The van der Waals surface area contributed by atoms with E-state index in [0.29, 0.717) is 32.4 Å². The first-order valence-electron chi connectivity index (χ1n) is 10.5. The van der Waals surface area contributed by atoms with Crippen molar-refractivity contribution in [2.45, 2.75) is 37.1 Å². The van der Waals surface area contributed by atoms with Gasteiger partial charge in [-0.25, -0.2) is 8.42 Å². The van der Waals surface area contributed by atoms with E-state index in [1.807, 2.05) is 12.1 Å². The molecule has 0 aliphatic carbocycles. The maximum atomic E-state index is 13.0. The zero-order valence-corrected chi connectivity index (χ0v) is 18.2. The summed E-state index contributed by atoms with van der Waals surface area (Å²) in [4.78, 5) is 29.1. The third-order valence-electron chi connectivity index (χ3n) is 5.30. The number of carbonyl (C=O) groups excluding carboxylic acids is 2. The molecule has 2 aromatic rings. The lowest BCUT2D eigenvalue weighted by atomic mass is 9.98. The van der Waals surface area contributed by atoms with Crippen molar-refractivity contribution >= 4 is 21.8 Å². The molecule has 1 aliphatic heterocycles. The highest BCUT2D eigenvalue weighted by Gasteiger charge is 2.26. The lowest BCUT2D eigenvalue weighted by Gasteiger charge is -2.22. The molecule has 1 saturated heterocycles. The molecule has 2 heterocycles. The smallest absolute Gasteiger partial charge is 0.243 e. The van der Waals surface area contributed by atoms with E-state index in [1.54, 1.807) is 42.7 Å². The summed E-state index contributed by atoms with van der Waals surface area (Å²) in [6.07, 6.45) is 5.04. The summed E-state index contributed by atoms with van der Waals surface area (Å²) < 4.78 is 27.4.